The fraction of sp³-hybridized carbons (Fsp3) is 0.600. The van der Waals surface area contributed by atoms with Gasteiger partial charge >= 0.3 is 0 Å². The van der Waals surface area contributed by atoms with E-state index < -0.39 is 23.8 Å². The maximum atomic E-state index is 13.8. The third-order valence-electron chi connectivity index (χ3n) is 4.08. The van der Waals surface area contributed by atoms with Gasteiger partial charge in [0.15, 0.2) is 0 Å². The van der Waals surface area contributed by atoms with Gasteiger partial charge in [-0.1, -0.05) is 19.3 Å². The summed E-state index contributed by atoms with van der Waals surface area (Å²) in [4.78, 5) is 0. The Morgan fingerprint density at radius 1 is 1.15 bits per heavy atom. The molecule has 2 N–H and O–H groups in total. The lowest BCUT2D eigenvalue weighted by Gasteiger charge is -2.29. The number of rotatable bonds is 4. The van der Waals surface area contributed by atoms with Crippen LogP contribution in [-0.4, -0.2) is 22.4 Å². The zero-order valence-electron chi connectivity index (χ0n) is 11.2. The van der Waals surface area contributed by atoms with Gasteiger partial charge in [0.1, 0.15) is 11.6 Å². The third-order valence-corrected chi connectivity index (χ3v) is 4.69. The highest BCUT2D eigenvalue weighted by atomic mass is 79.9. The van der Waals surface area contributed by atoms with Crippen LogP contribution >= 0.6 is 15.9 Å². The lowest BCUT2D eigenvalue weighted by Crippen LogP contribution is -2.36. The van der Waals surface area contributed by atoms with Gasteiger partial charge in [-0.25, -0.2) is 8.78 Å². The molecule has 1 aliphatic rings. The second-order valence-corrected chi connectivity index (χ2v) is 6.34. The quantitative estimate of drug-likeness (QED) is 0.816. The summed E-state index contributed by atoms with van der Waals surface area (Å²) in [5, 5.41) is 20.2. The summed E-state index contributed by atoms with van der Waals surface area (Å²) in [5.74, 6) is -1.38. The lowest BCUT2D eigenvalue weighted by molar-refractivity contribution is -0.0270. The Hall–Kier alpha value is -0.520. The zero-order valence-corrected chi connectivity index (χ0v) is 12.7. The van der Waals surface area contributed by atoms with E-state index in [1.165, 1.54) is 6.07 Å². The largest absolute Gasteiger partial charge is 0.390 e. The average Bonchev–Trinajstić information content (AvgIpc) is 2.47. The zero-order chi connectivity index (χ0) is 14.7. The SMILES string of the molecule is OC(Cc1c(F)ccc(Br)c1F)C(O)C1CCCCC1. The van der Waals surface area contributed by atoms with Crippen molar-refractivity contribution in [2.75, 3.05) is 0 Å². The monoisotopic (exact) mass is 348 g/mol. The highest BCUT2D eigenvalue weighted by Gasteiger charge is 2.29. The number of aliphatic hydroxyl groups is 2. The van der Waals surface area contributed by atoms with Crippen LogP contribution in [0.4, 0.5) is 8.78 Å². The van der Waals surface area contributed by atoms with Gasteiger partial charge in [0, 0.05) is 12.0 Å². The van der Waals surface area contributed by atoms with Crippen LogP contribution in [0.3, 0.4) is 0 Å². The molecule has 2 nitrogen and oxygen atoms in total. The molecule has 2 atom stereocenters. The predicted molar refractivity (Wildman–Crippen MR) is 76.4 cm³/mol. The normalized spacial score (nSPS) is 19.9. The molecule has 0 bridgehead atoms. The van der Waals surface area contributed by atoms with E-state index in [1.54, 1.807) is 0 Å². The van der Waals surface area contributed by atoms with Crippen LogP contribution in [-0.2, 0) is 6.42 Å². The molecule has 2 unspecified atom stereocenters. The summed E-state index contributed by atoms with van der Waals surface area (Å²) < 4.78 is 27.7. The molecule has 1 aromatic rings. The summed E-state index contributed by atoms with van der Waals surface area (Å²) in [5.41, 5.74) is -0.179. The van der Waals surface area contributed by atoms with Crippen molar-refractivity contribution in [1.82, 2.24) is 0 Å². The van der Waals surface area contributed by atoms with Crippen LogP contribution < -0.4 is 0 Å². The minimum atomic E-state index is -1.14. The number of hydrogen-bond donors (Lipinski definition) is 2. The molecule has 0 radical (unpaired) electrons. The second-order valence-electron chi connectivity index (χ2n) is 5.48. The van der Waals surface area contributed by atoms with Crippen LogP contribution in [0, 0.1) is 17.6 Å². The van der Waals surface area contributed by atoms with Crippen molar-refractivity contribution < 1.29 is 19.0 Å². The molecule has 112 valence electrons. The van der Waals surface area contributed by atoms with Crippen molar-refractivity contribution in [3.63, 3.8) is 0 Å². The first kappa shape index (κ1) is 15.9. The van der Waals surface area contributed by atoms with E-state index in [1.807, 2.05) is 0 Å². The first-order valence-corrected chi connectivity index (χ1v) is 7.78. The number of halogens is 3. The van der Waals surface area contributed by atoms with E-state index >= 15 is 0 Å². The fourth-order valence-corrected chi connectivity index (χ4v) is 3.25. The molecule has 1 fully saturated rings. The van der Waals surface area contributed by atoms with Gasteiger partial charge in [-0.15, -0.1) is 0 Å². The van der Waals surface area contributed by atoms with Crippen LogP contribution in [0.5, 0.6) is 0 Å². The second kappa shape index (κ2) is 6.96. The summed E-state index contributed by atoms with van der Waals surface area (Å²) in [6, 6.07) is 2.44. The Morgan fingerprint density at radius 3 is 2.45 bits per heavy atom. The van der Waals surface area contributed by atoms with E-state index in [0.717, 1.165) is 38.2 Å². The van der Waals surface area contributed by atoms with Crippen molar-refractivity contribution in [3.8, 4) is 0 Å². The summed E-state index contributed by atoms with van der Waals surface area (Å²) in [6.45, 7) is 0. The highest BCUT2D eigenvalue weighted by molar-refractivity contribution is 9.10. The number of benzene rings is 1. The van der Waals surface area contributed by atoms with Gasteiger partial charge in [-0.05, 0) is 46.8 Å². The summed E-state index contributed by atoms with van der Waals surface area (Å²) in [7, 11) is 0. The Morgan fingerprint density at radius 2 is 1.80 bits per heavy atom. The molecule has 1 saturated carbocycles. The molecule has 20 heavy (non-hydrogen) atoms. The average molecular weight is 349 g/mol. The van der Waals surface area contributed by atoms with Gasteiger partial charge in [0.05, 0.1) is 16.7 Å². The Kier molecular flexibility index (Phi) is 5.52. The van der Waals surface area contributed by atoms with E-state index in [2.05, 4.69) is 15.9 Å². The lowest BCUT2D eigenvalue weighted by atomic mass is 9.82. The summed E-state index contributed by atoms with van der Waals surface area (Å²) in [6.07, 6.45) is 2.67. The molecule has 0 saturated heterocycles. The third kappa shape index (κ3) is 3.57. The predicted octanol–water partition coefficient (Wildman–Crippen LogP) is 3.57. The minimum Gasteiger partial charge on any atom is -0.390 e. The maximum absolute atomic E-state index is 13.8. The van der Waals surface area contributed by atoms with Crippen molar-refractivity contribution >= 4 is 15.9 Å². The minimum absolute atomic E-state index is 0.0250. The van der Waals surface area contributed by atoms with Crippen molar-refractivity contribution in [1.29, 1.82) is 0 Å². The number of hydrogen-bond acceptors (Lipinski definition) is 2. The molecule has 2 rings (SSSR count). The van der Waals surface area contributed by atoms with Gasteiger partial charge in [-0.2, -0.15) is 0 Å². The molecule has 0 spiro atoms. The molecular weight excluding hydrogens is 330 g/mol. The molecule has 1 aliphatic carbocycles. The first-order chi connectivity index (χ1) is 9.50. The Balaban J connectivity index is 2.07. The Labute approximate surface area is 125 Å². The van der Waals surface area contributed by atoms with Crippen LogP contribution in [0.25, 0.3) is 0 Å². The maximum Gasteiger partial charge on any atom is 0.143 e. The van der Waals surface area contributed by atoms with Gasteiger partial charge < -0.3 is 10.2 Å². The first-order valence-electron chi connectivity index (χ1n) is 6.99. The number of aliphatic hydroxyl groups excluding tert-OH is 2. The summed E-state index contributed by atoms with van der Waals surface area (Å²) >= 11 is 3.00. The Bertz CT molecular complexity index is 461. The van der Waals surface area contributed by atoms with E-state index in [9.17, 15) is 19.0 Å². The molecule has 0 amide bonds. The van der Waals surface area contributed by atoms with Crippen LogP contribution in [0.2, 0.25) is 0 Å². The topological polar surface area (TPSA) is 40.5 Å². The van der Waals surface area contributed by atoms with Gasteiger partial charge in [0.2, 0.25) is 0 Å². The van der Waals surface area contributed by atoms with Crippen molar-refractivity contribution in [3.05, 3.63) is 33.8 Å². The molecule has 1 aromatic carbocycles. The molecule has 0 aromatic heterocycles. The highest BCUT2D eigenvalue weighted by Crippen LogP contribution is 2.30. The molecule has 0 aliphatic heterocycles. The molecule has 5 heteroatoms. The standard InChI is InChI=1S/C15H19BrF2O2/c16-11-6-7-12(17)10(14(11)18)8-13(19)15(20)9-4-2-1-3-5-9/h6-7,9,13,15,19-20H,1-5,8H2. The fourth-order valence-electron chi connectivity index (χ4n) is 2.88. The van der Waals surface area contributed by atoms with Crippen molar-refractivity contribution in [2.45, 2.75) is 50.7 Å². The van der Waals surface area contributed by atoms with Crippen LogP contribution in [0.15, 0.2) is 16.6 Å². The van der Waals surface area contributed by atoms with Gasteiger partial charge in [-0.3, -0.25) is 0 Å². The van der Waals surface area contributed by atoms with E-state index in [0.29, 0.717) is 0 Å². The van der Waals surface area contributed by atoms with E-state index in [4.69, 9.17) is 0 Å². The van der Waals surface area contributed by atoms with E-state index in [-0.39, 0.29) is 22.4 Å². The van der Waals surface area contributed by atoms with Crippen LogP contribution in [0.1, 0.15) is 37.7 Å². The van der Waals surface area contributed by atoms with Crippen molar-refractivity contribution in [2.24, 2.45) is 5.92 Å². The molecular formula is C15H19BrF2O2. The molecule has 0 heterocycles. The smallest absolute Gasteiger partial charge is 0.143 e. The van der Waals surface area contributed by atoms with Gasteiger partial charge in [0.25, 0.3) is 0 Å².